The van der Waals surface area contributed by atoms with Crippen molar-refractivity contribution in [2.75, 3.05) is 0 Å². The van der Waals surface area contributed by atoms with E-state index in [1.807, 2.05) is 13.0 Å². The van der Waals surface area contributed by atoms with E-state index in [0.717, 1.165) is 21.6 Å². The van der Waals surface area contributed by atoms with Crippen LogP contribution in [0.2, 0.25) is 0 Å². The average molecular weight is 326 g/mol. The number of halogens is 1. The van der Waals surface area contributed by atoms with Gasteiger partial charge in [0.25, 0.3) is 0 Å². The molecule has 0 saturated heterocycles. The second-order valence-electron chi connectivity index (χ2n) is 4.28. The summed E-state index contributed by atoms with van der Waals surface area (Å²) in [7, 11) is 0. The van der Waals surface area contributed by atoms with Crippen molar-refractivity contribution >= 4 is 27.3 Å². The van der Waals surface area contributed by atoms with E-state index in [1.54, 1.807) is 11.3 Å². The van der Waals surface area contributed by atoms with Crippen molar-refractivity contribution in [3.05, 3.63) is 49.9 Å². The molecule has 0 spiro atoms. The highest BCUT2D eigenvalue weighted by Crippen LogP contribution is 2.29. The molecule has 96 valence electrons. The van der Waals surface area contributed by atoms with Gasteiger partial charge in [0.2, 0.25) is 0 Å². The summed E-state index contributed by atoms with van der Waals surface area (Å²) in [6.45, 7) is 4.09. The fourth-order valence-corrected chi connectivity index (χ4v) is 3.23. The van der Waals surface area contributed by atoms with Crippen molar-refractivity contribution in [1.82, 2.24) is 10.4 Å². The SMILES string of the molecule is Cc1csc(CC(NN)c2cccc(C)c2Br)n1. The molecule has 1 heterocycles. The van der Waals surface area contributed by atoms with Gasteiger partial charge in [-0.1, -0.05) is 34.1 Å². The third-order valence-corrected chi connectivity index (χ3v) is 4.92. The number of aryl methyl sites for hydroxylation is 2. The van der Waals surface area contributed by atoms with Gasteiger partial charge in [-0.05, 0) is 25.0 Å². The van der Waals surface area contributed by atoms with Crippen LogP contribution in [-0.2, 0) is 6.42 Å². The minimum Gasteiger partial charge on any atom is -0.271 e. The first kappa shape index (κ1) is 13.7. The third kappa shape index (κ3) is 2.98. The van der Waals surface area contributed by atoms with Gasteiger partial charge in [0.1, 0.15) is 0 Å². The lowest BCUT2D eigenvalue weighted by Gasteiger charge is -2.17. The Morgan fingerprint density at radius 2 is 2.22 bits per heavy atom. The zero-order valence-electron chi connectivity index (χ0n) is 10.4. The van der Waals surface area contributed by atoms with Crippen LogP contribution in [-0.4, -0.2) is 4.98 Å². The van der Waals surface area contributed by atoms with E-state index < -0.39 is 0 Å². The molecule has 18 heavy (non-hydrogen) atoms. The lowest BCUT2D eigenvalue weighted by atomic mass is 10.0. The molecule has 1 atom stereocenters. The second kappa shape index (κ2) is 5.93. The highest BCUT2D eigenvalue weighted by Gasteiger charge is 2.16. The molecule has 3 N–H and O–H groups in total. The number of rotatable bonds is 4. The molecule has 0 radical (unpaired) electrons. The van der Waals surface area contributed by atoms with Crippen molar-refractivity contribution in [3.8, 4) is 0 Å². The zero-order chi connectivity index (χ0) is 13.1. The molecule has 1 aromatic carbocycles. The van der Waals surface area contributed by atoms with Gasteiger partial charge in [-0.3, -0.25) is 11.3 Å². The highest BCUT2D eigenvalue weighted by atomic mass is 79.9. The summed E-state index contributed by atoms with van der Waals surface area (Å²) in [5, 5.41) is 3.16. The first-order chi connectivity index (χ1) is 8.61. The predicted octanol–water partition coefficient (Wildman–Crippen LogP) is 3.27. The number of nitrogens with one attached hydrogen (secondary N) is 1. The van der Waals surface area contributed by atoms with Crippen LogP contribution >= 0.6 is 27.3 Å². The fraction of sp³-hybridized carbons (Fsp3) is 0.308. The van der Waals surface area contributed by atoms with Crippen molar-refractivity contribution in [3.63, 3.8) is 0 Å². The van der Waals surface area contributed by atoms with Crippen LogP contribution in [0.25, 0.3) is 0 Å². The zero-order valence-corrected chi connectivity index (χ0v) is 12.8. The molecule has 2 aromatic rings. The van der Waals surface area contributed by atoms with Crippen molar-refractivity contribution in [1.29, 1.82) is 0 Å². The predicted molar refractivity (Wildman–Crippen MR) is 79.5 cm³/mol. The minimum atomic E-state index is 0.0739. The molecule has 3 nitrogen and oxygen atoms in total. The fourth-order valence-electron chi connectivity index (χ4n) is 1.87. The molecule has 0 amide bonds. The molecule has 1 aromatic heterocycles. The summed E-state index contributed by atoms with van der Waals surface area (Å²) in [5.74, 6) is 5.68. The third-order valence-electron chi connectivity index (χ3n) is 2.84. The van der Waals surface area contributed by atoms with Gasteiger partial charge in [0.15, 0.2) is 0 Å². The molecule has 0 aliphatic carbocycles. The number of nitrogens with two attached hydrogens (primary N) is 1. The molecule has 1 unspecified atom stereocenters. The van der Waals surface area contributed by atoms with Gasteiger partial charge >= 0.3 is 0 Å². The molecule has 5 heteroatoms. The van der Waals surface area contributed by atoms with E-state index in [2.05, 4.69) is 50.8 Å². The van der Waals surface area contributed by atoms with Crippen LogP contribution in [0.15, 0.2) is 28.1 Å². The summed E-state index contributed by atoms with van der Waals surface area (Å²) < 4.78 is 1.11. The molecule has 0 aliphatic rings. The number of hydrogen-bond acceptors (Lipinski definition) is 4. The van der Waals surface area contributed by atoms with Gasteiger partial charge in [-0.25, -0.2) is 4.98 Å². The van der Waals surface area contributed by atoms with Gasteiger partial charge in [0, 0.05) is 22.0 Å². The molecular formula is C13H16BrN3S. The van der Waals surface area contributed by atoms with Crippen LogP contribution in [0.1, 0.15) is 27.9 Å². The van der Waals surface area contributed by atoms with Gasteiger partial charge < -0.3 is 0 Å². The number of aromatic nitrogens is 1. The molecule has 0 saturated carbocycles. The number of benzene rings is 1. The Bertz CT molecular complexity index is 539. The monoisotopic (exact) mass is 325 g/mol. The van der Waals surface area contributed by atoms with E-state index >= 15 is 0 Å². The number of thiazole rings is 1. The molecular weight excluding hydrogens is 310 g/mol. The molecule has 0 aliphatic heterocycles. The summed E-state index contributed by atoms with van der Waals surface area (Å²) in [6, 6.07) is 6.29. The van der Waals surface area contributed by atoms with Crippen LogP contribution < -0.4 is 11.3 Å². The normalized spacial score (nSPS) is 12.7. The molecule has 2 rings (SSSR count). The lowest BCUT2D eigenvalue weighted by molar-refractivity contribution is 0.548. The number of nitrogens with zero attached hydrogens (tertiary/aromatic N) is 1. The van der Waals surface area contributed by atoms with Gasteiger partial charge in [-0.2, -0.15) is 0 Å². The topological polar surface area (TPSA) is 50.9 Å². The van der Waals surface area contributed by atoms with Gasteiger partial charge in [0.05, 0.1) is 11.0 Å². The Morgan fingerprint density at radius 1 is 1.44 bits per heavy atom. The summed E-state index contributed by atoms with van der Waals surface area (Å²) in [5.41, 5.74) is 6.33. The van der Waals surface area contributed by atoms with Gasteiger partial charge in [-0.15, -0.1) is 11.3 Å². The van der Waals surface area contributed by atoms with Crippen molar-refractivity contribution in [2.24, 2.45) is 5.84 Å². The summed E-state index contributed by atoms with van der Waals surface area (Å²) in [4.78, 5) is 4.48. The van der Waals surface area contributed by atoms with E-state index in [0.29, 0.717) is 0 Å². The Morgan fingerprint density at radius 3 is 2.83 bits per heavy atom. The average Bonchev–Trinajstić information content (AvgIpc) is 2.76. The minimum absolute atomic E-state index is 0.0739. The Balaban J connectivity index is 2.25. The van der Waals surface area contributed by atoms with Crippen LogP contribution in [0.5, 0.6) is 0 Å². The van der Waals surface area contributed by atoms with E-state index in [-0.39, 0.29) is 6.04 Å². The van der Waals surface area contributed by atoms with E-state index in [4.69, 9.17) is 5.84 Å². The summed E-state index contributed by atoms with van der Waals surface area (Å²) >= 11 is 5.30. The van der Waals surface area contributed by atoms with E-state index in [1.165, 1.54) is 11.1 Å². The van der Waals surface area contributed by atoms with E-state index in [9.17, 15) is 0 Å². The summed E-state index contributed by atoms with van der Waals surface area (Å²) in [6.07, 6.45) is 0.803. The van der Waals surface area contributed by atoms with Crippen LogP contribution in [0.3, 0.4) is 0 Å². The maximum atomic E-state index is 5.68. The standard InChI is InChI=1S/C13H16BrN3S/c1-8-4-3-5-10(13(8)14)11(17-15)6-12-16-9(2)7-18-12/h3-5,7,11,17H,6,15H2,1-2H3. The number of hydrogen-bond donors (Lipinski definition) is 2. The van der Waals surface area contributed by atoms with Crippen molar-refractivity contribution < 1.29 is 0 Å². The van der Waals surface area contributed by atoms with Crippen LogP contribution in [0.4, 0.5) is 0 Å². The maximum absolute atomic E-state index is 5.68. The molecule has 0 fully saturated rings. The Labute approximate surface area is 120 Å². The first-order valence-electron chi connectivity index (χ1n) is 5.74. The largest absolute Gasteiger partial charge is 0.271 e. The smallest absolute Gasteiger partial charge is 0.0947 e. The highest BCUT2D eigenvalue weighted by molar-refractivity contribution is 9.10. The Hall–Kier alpha value is -0.750. The second-order valence-corrected chi connectivity index (χ2v) is 6.02. The number of hydrazine groups is 1. The Kier molecular flexibility index (Phi) is 4.50. The quantitative estimate of drug-likeness (QED) is 0.670. The maximum Gasteiger partial charge on any atom is 0.0947 e. The van der Waals surface area contributed by atoms with Crippen LogP contribution in [0, 0.1) is 13.8 Å². The van der Waals surface area contributed by atoms with Crippen molar-refractivity contribution in [2.45, 2.75) is 26.3 Å². The first-order valence-corrected chi connectivity index (χ1v) is 7.41. The lowest BCUT2D eigenvalue weighted by Crippen LogP contribution is -2.30. The molecule has 0 bridgehead atoms.